The highest BCUT2D eigenvalue weighted by Gasteiger charge is 2.22. The number of oxime groups is 1. The van der Waals surface area contributed by atoms with Crippen molar-refractivity contribution in [2.45, 2.75) is 47.0 Å². The molecule has 4 nitrogen and oxygen atoms in total. The van der Waals surface area contributed by atoms with Crippen LogP contribution in [0.1, 0.15) is 47.0 Å². The highest BCUT2D eigenvalue weighted by atomic mass is 16.4. The molecule has 0 amide bonds. The minimum atomic E-state index is -0.214. The van der Waals surface area contributed by atoms with E-state index in [9.17, 15) is 0 Å². The van der Waals surface area contributed by atoms with E-state index in [-0.39, 0.29) is 5.41 Å². The third kappa shape index (κ3) is 6.67. The van der Waals surface area contributed by atoms with Gasteiger partial charge in [0.1, 0.15) is 5.84 Å². The lowest BCUT2D eigenvalue weighted by molar-refractivity contribution is 0.304. The Kier molecular flexibility index (Phi) is 7.13. The highest BCUT2D eigenvalue weighted by Crippen LogP contribution is 2.21. The summed E-state index contributed by atoms with van der Waals surface area (Å²) in [6, 6.07) is 0. The SMILES string of the molecule is CC(C)CCNCCCC(C)(C)C(N)=NO. The maximum atomic E-state index is 8.62. The zero-order valence-corrected chi connectivity index (χ0v) is 11.1. The van der Waals surface area contributed by atoms with E-state index in [0.717, 1.165) is 31.8 Å². The quantitative estimate of drug-likeness (QED) is 0.196. The van der Waals surface area contributed by atoms with Gasteiger partial charge in [-0.05, 0) is 38.3 Å². The number of nitrogens with two attached hydrogens (primary N) is 1. The first-order valence-corrected chi connectivity index (χ1v) is 6.09. The van der Waals surface area contributed by atoms with Gasteiger partial charge < -0.3 is 16.3 Å². The molecule has 0 aliphatic heterocycles. The average Bonchev–Trinajstić information content (AvgIpc) is 2.21. The molecule has 0 rings (SSSR count). The molecule has 0 aromatic rings. The lowest BCUT2D eigenvalue weighted by atomic mass is 9.86. The van der Waals surface area contributed by atoms with Crippen LogP contribution in [0.5, 0.6) is 0 Å². The van der Waals surface area contributed by atoms with Crippen molar-refractivity contribution in [3.05, 3.63) is 0 Å². The van der Waals surface area contributed by atoms with Gasteiger partial charge in [-0.3, -0.25) is 0 Å². The molecule has 0 aliphatic carbocycles. The molecule has 16 heavy (non-hydrogen) atoms. The van der Waals surface area contributed by atoms with Crippen LogP contribution in [-0.2, 0) is 0 Å². The van der Waals surface area contributed by atoms with Crippen molar-refractivity contribution in [3.8, 4) is 0 Å². The van der Waals surface area contributed by atoms with E-state index in [0.29, 0.717) is 5.84 Å². The molecule has 0 saturated carbocycles. The van der Waals surface area contributed by atoms with Gasteiger partial charge in [0.05, 0.1) is 0 Å². The molecular weight excluding hydrogens is 202 g/mol. The van der Waals surface area contributed by atoms with E-state index in [1.807, 2.05) is 13.8 Å². The summed E-state index contributed by atoms with van der Waals surface area (Å²) in [7, 11) is 0. The van der Waals surface area contributed by atoms with Gasteiger partial charge in [-0.25, -0.2) is 0 Å². The minimum Gasteiger partial charge on any atom is -0.409 e. The normalized spacial score (nSPS) is 13.4. The van der Waals surface area contributed by atoms with Crippen LogP contribution in [0.2, 0.25) is 0 Å². The van der Waals surface area contributed by atoms with Gasteiger partial charge in [0.25, 0.3) is 0 Å². The summed E-state index contributed by atoms with van der Waals surface area (Å²) in [5.41, 5.74) is 5.40. The Labute approximate surface area is 99.3 Å². The number of hydrogen-bond acceptors (Lipinski definition) is 3. The fraction of sp³-hybridized carbons (Fsp3) is 0.917. The number of rotatable bonds is 8. The third-order valence-corrected chi connectivity index (χ3v) is 2.85. The summed E-state index contributed by atoms with van der Waals surface area (Å²) >= 11 is 0. The van der Waals surface area contributed by atoms with Gasteiger partial charge in [-0.15, -0.1) is 0 Å². The first kappa shape index (κ1) is 15.2. The molecule has 4 heteroatoms. The molecule has 0 bridgehead atoms. The summed E-state index contributed by atoms with van der Waals surface area (Å²) < 4.78 is 0. The molecule has 96 valence electrons. The molecule has 4 N–H and O–H groups in total. The molecule has 0 saturated heterocycles. The van der Waals surface area contributed by atoms with Crippen molar-refractivity contribution in [1.82, 2.24) is 5.32 Å². The largest absolute Gasteiger partial charge is 0.409 e. The summed E-state index contributed by atoms with van der Waals surface area (Å²) in [6.07, 6.45) is 3.18. The molecule has 0 aromatic carbocycles. The topological polar surface area (TPSA) is 70.6 Å². The van der Waals surface area contributed by atoms with Crippen molar-refractivity contribution in [2.75, 3.05) is 13.1 Å². The van der Waals surface area contributed by atoms with Crippen molar-refractivity contribution in [2.24, 2.45) is 22.2 Å². The summed E-state index contributed by atoms with van der Waals surface area (Å²) in [4.78, 5) is 0. The first-order valence-electron chi connectivity index (χ1n) is 6.09. The molecule has 0 radical (unpaired) electrons. The van der Waals surface area contributed by atoms with Gasteiger partial charge in [-0.2, -0.15) is 0 Å². The fourth-order valence-corrected chi connectivity index (χ4v) is 1.43. The molecule has 0 unspecified atom stereocenters. The van der Waals surface area contributed by atoms with Crippen LogP contribution in [0.15, 0.2) is 5.16 Å². The predicted molar refractivity (Wildman–Crippen MR) is 68.7 cm³/mol. The van der Waals surface area contributed by atoms with Crippen molar-refractivity contribution in [1.29, 1.82) is 0 Å². The Balaban J connectivity index is 3.59. The van der Waals surface area contributed by atoms with Crippen LogP contribution in [0.4, 0.5) is 0 Å². The Bertz CT molecular complexity index is 212. The van der Waals surface area contributed by atoms with E-state index >= 15 is 0 Å². The van der Waals surface area contributed by atoms with Gasteiger partial charge in [0.15, 0.2) is 0 Å². The van der Waals surface area contributed by atoms with E-state index in [1.165, 1.54) is 6.42 Å². The maximum absolute atomic E-state index is 8.62. The maximum Gasteiger partial charge on any atom is 0.144 e. The Hall–Kier alpha value is -0.770. The van der Waals surface area contributed by atoms with Crippen LogP contribution >= 0.6 is 0 Å². The molecule has 0 atom stereocenters. The summed E-state index contributed by atoms with van der Waals surface area (Å²) in [6.45, 7) is 10.5. The average molecular weight is 229 g/mol. The Morgan fingerprint density at radius 3 is 2.50 bits per heavy atom. The van der Waals surface area contributed by atoms with E-state index in [4.69, 9.17) is 10.9 Å². The minimum absolute atomic E-state index is 0.214. The van der Waals surface area contributed by atoms with Gasteiger partial charge in [-0.1, -0.05) is 32.9 Å². The van der Waals surface area contributed by atoms with Crippen LogP contribution in [0.3, 0.4) is 0 Å². The standard InChI is InChI=1S/C12H27N3O/c1-10(2)6-9-14-8-5-7-12(3,4)11(13)15-16/h10,14,16H,5-9H2,1-4H3,(H2,13,15). The second-order valence-electron chi connectivity index (χ2n) is 5.41. The molecule has 0 aromatic heterocycles. The lowest BCUT2D eigenvalue weighted by Gasteiger charge is -2.22. The molecular formula is C12H27N3O. The summed E-state index contributed by atoms with van der Waals surface area (Å²) in [5, 5.41) is 15.1. The van der Waals surface area contributed by atoms with Crippen molar-refractivity contribution in [3.63, 3.8) is 0 Å². The smallest absolute Gasteiger partial charge is 0.144 e. The Morgan fingerprint density at radius 2 is 2.00 bits per heavy atom. The van der Waals surface area contributed by atoms with Crippen molar-refractivity contribution < 1.29 is 5.21 Å². The predicted octanol–water partition coefficient (Wildman–Crippen LogP) is 2.17. The zero-order chi connectivity index (χ0) is 12.6. The molecule has 0 fully saturated rings. The highest BCUT2D eigenvalue weighted by molar-refractivity contribution is 5.85. The lowest BCUT2D eigenvalue weighted by Crippen LogP contribution is -2.32. The molecule has 0 heterocycles. The van der Waals surface area contributed by atoms with Gasteiger partial charge in [0.2, 0.25) is 0 Å². The zero-order valence-electron chi connectivity index (χ0n) is 11.1. The van der Waals surface area contributed by atoms with Crippen LogP contribution in [-0.4, -0.2) is 24.1 Å². The fourth-order valence-electron chi connectivity index (χ4n) is 1.43. The monoisotopic (exact) mass is 229 g/mol. The second kappa shape index (κ2) is 7.49. The van der Waals surface area contributed by atoms with Gasteiger partial charge >= 0.3 is 0 Å². The summed E-state index contributed by atoms with van der Waals surface area (Å²) in [5.74, 6) is 1.07. The van der Waals surface area contributed by atoms with Crippen molar-refractivity contribution >= 4 is 5.84 Å². The molecule has 0 aliphatic rings. The number of amidine groups is 1. The number of nitrogens with one attached hydrogen (secondary N) is 1. The van der Waals surface area contributed by atoms with E-state index in [2.05, 4.69) is 24.3 Å². The van der Waals surface area contributed by atoms with E-state index < -0.39 is 0 Å². The van der Waals surface area contributed by atoms with Crippen LogP contribution < -0.4 is 11.1 Å². The number of nitrogens with zero attached hydrogens (tertiary/aromatic N) is 1. The van der Waals surface area contributed by atoms with E-state index in [1.54, 1.807) is 0 Å². The van der Waals surface area contributed by atoms with Gasteiger partial charge in [0, 0.05) is 5.41 Å². The second-order valence-corrected chi connectivity index (χ2v) is 5.41. The Morgan fingerprint density at radius 1 is 1.38 bits per heavy atom. The first-order chi connectivity index (χ1) is 7.40. The van der Waals surface area contributed by atoms with Crippen LogP contribution in [0.25, 0.3) is 0 Å². The number of hydrogen-bond donors (Lipinski definition) is 3. The third-order valence-electron chi connectivity index (χ3n) is 2.85. The molecule has 0 spiro atoms. The van der Waals surface area contributed by atoms with Crippen LogP contribution in [0, 0.1) is 11.3 Å².